The van der Waals surface area contributed by atoms with Gasteiger partial charge in [0.1, 0.15) is 5.75 Å². The first-order valence-electron chi connectivity index (χ1n) is 6.12. The Morgan fingerprint density at radius 1 is 1.16 bits per heavy atom. The van der Waals surface area contributed by atoms with Crippen LogP contribution in [0.25, 0.3) is 0 Å². The lowest BCUT2D eigenvalue weighted by molar-refractivity contribution is 0.0576. The Bertz CT molecular complexity index is 547. The zero-order valence-corrected chi connectivity index (χ0v) is 11.8. The molecule has 1 atom stereocenters. The third-order valence-corrected chi connectivity index (χ3v) is 3.40. The highest BCUT2D eigenvalue weighted by Gasteiger charge is 2.23. The summed E-state index contributed by atoms with van der Waals surface area (Å²) in [6.07, 6.45) is 0.520. The number of halogens is 1. The molecule has 0 radical (unpaired) electrons. The Kier molecular flexibility index (Phi) is 4.13. The molecule has 0 aliphatic heterocycles. The van der Waals surface area contributed by atoms with Crippen molar-refractivity contribution >= 4 is 11.6 Å². The van der Waals surface area contributed by atoms with Crippen LogP contribution in [0.15, 0.2) is 48.5 Å². The summed E-state index contributed by atoms with van der Waals surface area (Å²) in [6.45, 7) is 1.80. The second-order valence-electron chi connectivity index (χ2n) is 4.81. The molecule has 0 fully saturated rings. The van der Waals surface area contributed by atoms with Gasteiger partial charge in [0.15, 0.2) is 0 Å². The van der Waals surface area contributed by atoms with Gasteiger partial charge in [0, 0.05) is 11.4 Å². The standard InChI is InChI=1S/C16H17ClO2/c1-16(18,13-6-8-14(17)9-7-13)11-12-4-3-5-15(10-12)19-2/h3-10,18H,11H2,1-2H3. The van der Waals surface area contributed by atoms with Crippen LogP contribution in [0, 0.1) is 0 Å². The third-order valence-electron chi connectivity index (χ3n) is 3.15. The molecule has 1 unspecified atom stereocenters. The lowest BCUT2D eigenvalue weighted by Gasteiger charge is -2.24. The molecule has 3 heteroatoms. The van der Waals surface area contributed by atoms with Gasteiger partial charge in [0.2, 0.25) is 0 Å². The van der Waals surface area contributed by atoms with E-state index in [9.17, 15) is 5.11 Å². The summed E-state index contributed by atoms with van der Waals surface area (Å²) in [5.74, 6) is 0.796. The fourth-order valence-electron chi connectivity index (χ4n) is 2.09. The summed E-state index contributed by atoms with van der Waals surface area (Å²) in [4.78, 5) is 0. The van der Waals surface area contributed by atoms with E-state index in [1.54, 1.807) is 26.2 Å². The van der Waals surface area contributed by atoms with E-state index in [0.717, 1.165) is 16.9 Å². The second kappa shape index (κ2) is 5.64. The molecule has 0 bridgehead atoms. The van der Waals surface area contributed by atoms with Crippen molar-refractivity contribution in [2.45, 2.75) is 18.9 Å². The molecule has 0 aromatic heterocycles. The van der Waals surface area contributed by atoms with Gasteiger partial charge in [-0.1, -0.05) is 35.9 Å². The molecule has 0 spiro atoms. The molecule has 0 saturated carbocycles. The fourth-order valence-corrected chi connectivity index (χ4v) is 2.22. The minimum Gasteiger partial charge on any atom is -0.497 e. The van der Waals surface area contributed by atoms with E-state index in [4.69, 9.17) is 16.3 Å². The molecule has 2 aromatic carbocycles. The molecule has 0 aliphatic carbocycles. The summed E-state index contributed by atoms with van der Waals surface area (Å²) in [5.41, 5.74) is 0.941. The summed E-state index contributed by atoms with van der Waals surface area (Å²) in [6, 6.07) is 15.0. The van der Waals surface area contributed by atoms with Gasteiger partial charge in [-0.3, -0.25) is 0 Å². The monoisotopic (exact) mass is 276 g/mol. The SMILES string of the molecule is COc1cccc(CC(C)(O)c2ccc(Cl)cc2)c1. The Balaban J connectivity index is 2.22. The van der Waals surface area contributed by atoms with E-state index >= 15 is 0 Å². The van der Waals surface area contributed by atoms with Crippen molar-refractivity contribution in [2.75, 3.05) is 7.11 Å². The number of methoxy groups -OCH3 is 1. The van der Waals surface area contributed by atoms with Crippen LogP contribution >= 0.6 is 11.6 Å². The highest BCUT2D eigenvalue weighted by Crippen LogP contribution is 2.27. The summed E-state index contributed by atoms with van der Waals surface area (Å²) in [7, 11) is 1.64. The second-order valence-corrected chi connectivity index (χ2v) is 5.25. The Labute approximate surface area is 118 Å². The molecule has 100 valence electrons. The molecule has 2 nitrogen and oxygen atoms in total. The van der Waals surface area contributed by atoms with Crippen molar-refractivity contribution in [1.82, 2.24) is 0 Å². The van der Waals surface area contributed by atoms with E-state index in [-0.39, 0.29) is 0 Å². The summed E-state index contributed by atoms with van der Waals surface area (Å²) < 4.78 is 5.19. The number of rotatable bonds is 4. The Hall–Kier alpha value is -1.51. The molecule has 0 saturated heterocycles. The number of ether oxygens (including phenoxy) is 1. The van der Waals surface area contributed by atoms with Crippen molar-refractivity contribution in [3.63, 3.8) is 0 Å². The molecule has 2 aromatic rings. The predicted molar refractivity (Wildman–Crippen MR) is 77.7 cm³/mol. The number of aliphatic hydroxyl groups is 1. The van der Waals surface area contributed by atoms with Crippen LogP contribution < -0.4 is 4.74 Å². The van der Waals surface area contributed by atoms with Crippen molar-refractivity contribution in [3.8, 4) is 5.75 Å². The minimum atomic E-state index is -0.934. The Morgan fingerprint density at radius 2 is 1.84 bits per heavy atom. The third kappa shape index (κ3) is 3.49. The number of hydrogen-bond acceptors (Lipinski definition) is 2. The maximum atomic E-state index is 10.6. The van der Waals surface area contributed by atoms with Crippen LogP contribution in [-0.4, -0.2) is 12.2 Å². The molecular formula is C16H17ClO2. The number of benzene rings is 2. The maximum absolute atomic E-state index is 10.6. The summed E-state index contributed by atoms with van der Waals surface area (Å²) >= 11 is 5.86. The molecule has 2 rings (SSSR count). The lowest BCUT2D eigenvalue weighted by Crippen LogP contribution is -2.24. The first-order chi connectivity index (χ1) is 9.01. The topological polar surface area (TPSA) is 29.5 Å². The molecule has 0 heterocycles. The van der Waals surface area contributed by atoms with Gasteiger partial charge >= 0.3 is 0 Å². The van der Waals surface area contributed by atoms with E-state index in [0.29, 0.717) is 11.4 Å². The highest BCUT2D eigenvalue weighted by molar-refractivity contribution is 6.30. The van der Waals surface area contributed by atoms with Gasteiger partial charge < -0.3 is 9.84 Å². The first kappa shape index (κ1) is 13.9. The molecule has 19 heavy (non-hydrogen) atoms. The normalized spacial score (nSPS) is 13.9. The lowest BCUT2D eigenvalue weighted by atomic mass is 9.89. The first-order valence-corrected chi connectivity index (χ1v) is 6.50. The van der Waals surface area contributed by atoms with E-state index in [1.165, 1.54) is 0 Å². The zero-order chi connectivity index (χ0) is 13.9. The molecule has 0 aliphatic rings. The van der Waals surface area contributed by atoms with Crippen LogP contribution in [0.2, 0.25) is 5.02 Å². The van der Waals surface area contributed by atoms with E-state index in [1.807, 2.05) is 36.4 Å². The van der Waals surface area contributed by atoms with Crippen LogP contribution in [0.5, 0.6) is 5.75 Å². The highest BCUT2D eigenvalue weighted by atomic mass is 35.5. The average molecular weight is 277 g/mol. The smallest absolute Gasteiger partial charge is 0.119 e. The fraction of sp³-hybridized carbons (Fsp3) is 0.250. The van der Waals surface area contributed by atoms with Crippen molar-refractivity contribution in [2.24, 2.45) is 0 Å². The molecular weight excluding hydrogens is 260 g/mol. The van der Waals surface area contributed by atoms with Gasteiger partial charge in [0.25, 0.3) is 0 Å². The van der Waals surface area contributed by atoms with E-state index in [2.05, 4.69) is 0 Å². The van der Waals surface area contributed by atoms with Crippen LogP contribution in [0.1, 0.15) is 18.1 Å². The quantitative estimate of drug-likeness (QED) is 0.920. The van der Waals surface area contributed by atoms with Gasteiger partial charge in [-0.15, -0.1) is 0 Å². The van der Waals surface area contributed by atoms with Crippen molar-refractivity contribution < 1.29 is 9.84 Å². The Morgan fingerprint density at radius 3 is 2.47 bits per heavy atom. The molecule has 1 N–H and O–H groups in total. The van der Waals surface area contributed by atoms with Crippen LogP contribution in [-0.2, 0) is 12.0 Å². The largest absolute Gasteiger partial charge is 0.497 e. The predicted octanol–water partition coefficient (Wildman–Crippen LogP) is 3.80. The van der Waals surface area contributed by atoms with Crippen molar-refractivity contribution in [1.29, 1.82) is 0 Å². The van der Waals surface area contributed by atoms with Crippen LogP contribution in [0.4, 0.5) is 0 Å². The van der Waals surface area contributed by atoms with Gasteiger partial charge in [-0.25, -0.2) is 0 Å². The van der Waals surface area contributed by atoms with Gasteiger partial charge in [-0.05, 0) is 42.3 Å². The maximum Gasteiger partial charge on any atom is 0.119 e. The van der Waals surface area contributed by atoms with Crippen molar-refractivity contribution in [3.05, 3.63) is 64.7 Å². The molecule has 0 amide bonds. The number of hydrogen-bond donors (Lipinski definition) is 1. The minimum absolute atomic E-state index is 0.520. The van der Waals surface area contributed by atoms with Gasteiger partial charge in [-0.2, -0.15) is 0 Å². The summed E-state index contributed by atoms with van der Waals surface area (Å²) in [5, 5.41) is 11.3. The van der Waals surface area contributed by atoms with Crippen LogP contribution in [0.3, 0.4) is 0 Å². The van der Waals surface area contributed by atoms with Gasteiger partial charge in [0.05, 0.1) is 12.7 Å². The average Bonchev–Trinajstić information content (AvgIpc) is 2.39. The zero-order valence-electron chi connectivity index (χ0n) is 11.1. The van der Waals surface area contributed by atoms with E-state index < -0.39 is 5.60 Å².